The van der Waals surface area contributed by atoms with Crippen molar-refractivity contribution in [2.24, 2.45) is 5.92 Å². The number of halogens is 2. The third kappa shape index (κ3) is 5.38. The molecule has 10 nitrogen and oxygen atoms in total. The fraction of sp³-hybridized carbons (Fsp3) is 0.200. The summed E-state index contributed by atoms with van der Waals surface area (Å²) in [6, 6.07) is 13.3. The van der Waals surface area contributed by atoms with Crippen LogP contribution in [0, 0.1) is 17.6 Å². The summed E-state index contributed by atoms with van der Waals surface area (Å²) < 4.78 is 45.1. The Hall–Kier alpha value is -5.26. The first-order chi connectivity index (χ1) is 20.2. The molecular formula is C30H26F2N4O6. The van der Waals surface area contributed by atoms with E-state index in [1.165, 1.54) is 61.7 Å². The average molecular weight is 577 g/mol. The molecular weight excluding hydrogens is 550 g/mol. The first-order valence-corrected chi connectivity index (χ1v) is 12.9. The second kappa shape index (κ2) is 11.7. The summed E-state index contributed by atoms with van der Waals surface area (Å²) in [5.74, 6) is -2.84. The van der Waals surface area contributed by atoms with Crippen molar-refractivity contribution in [2.75, 3.05) is 37.5 Å². The molecule has 1 aliphatic heterocycles. The zero-order chi connectivity index (χ0) is 30.0. The highest BCUT2D eigenvalue weighted by molar-refractivity contribution is 6.15. The van der Waals surface area contributed by atoms with E-state index in [-0.39, 0.29) is 24.5 Å². The molecule has 3 aromatic carbocycles. The SMILES string of the molecule is CCN1C(=O)C(C(=O)Nc2ccc(Oc3ccnc4cc(OC)c(OC)cc34)c(F)c2)CN(c2ccc(F)cc2)C1=O. The summed E-state index contributed by atoms with van der Waals surface area (Å²) in [6.07, 6.45) is 1.51. The van der Waals surface area contributed by atoms with E-state index in [1.807, 2.05) is 0 Å². The van der Waals surface area contributed by atoms with Gasteiger partial charge in [0, 0.05) is 48.2 Å². The summed E-state index contributed by atoms with van der Waals surface area (Å²) in [5, 5.41) is 3.11. The van der Waals surface area contributed by atoms with Crippen molar-refractivity contribution in [3.63, 3.8) is 0 Å². The highest BCUT2D eigenvalue weighted by Crippen LogP contribution is 2.37. The number of carbonyl (C=O) groups is 3. The van der Waals surface area contributed by atoms with Crippen molar-refractivity contribution in [2.45, 2.75) is 6.92 Å². The minimum atomic E-state index is -1.28. The van der Waals surface area contributed by atoms with Gasteiger partial charge in [-0.3, -0.25) is 24.4 Å². The molecule has 0 radical (unpaired) electrons. The molecule has 1 N–H and O–H groups in total. The lowest BCUT2D eigenvalue weighted by atomic mass is 10.0. The van der Waals surface area contributed by atoms with E-state index in [9.17, 15) is 18.8 Å². The fourth-order valence-corrected chi connectivity index (χ4v) is 4.64. The molecule has 42 heavy (non-hydrogen) atoms. The maximum absolute atomic E-state index is 15.2. The van der Waals surface area contributed by atoms with Crippen molar-refractivity contribution in [3.05, 3.63) is 78.5 Å². The molecule has 1 aliphatic rings. The van der Waals surface area contributed by atoms with Crippen LogP contribution in [0.15, 0.2) is 66.9 Å². The van der Waals surface area contributed by atoms with Gasteiger partial charge in [-0.1, -0.05) is 0 Å². The van der Waals surface area contributed by atoms with Gasteiger partial charge in [0.25, 0.3) is 0 Å². The predicted octanol–water partition coefficient (Wildman–Crippen LogP) is 5.37. The Morgan fingerprint density at radius 1 is 0.952 bits per heavy atom. The predicted molar refractivity (Wildman–Crippen MR) is 150 cm³/mol. The number of carbonyl (C=O) groups excluding carboxylic acids is 3. The monoisotopic (exact) mass is 576 g/mol. The lowest BCUT2D eigenvalue weighted by Crippen LogP contribution is -2.59. The Balaban J connectivity index is 1.35. The Labute approximate surface area is 239 Å². The minimum Gasteiger partial charge on any atom is -0.493 e. The van der Waals surface area contributed by atoms with Crippen LogP contribution in [-0.4, -0.2) is 55.0 Å². The van der Waals surface area contributed by atoms with Crippen LogP contribution < -0.4 is 24.4 Å². The van der Waals surface area contributed by atoms with E-state index >= 15 is 4.39 Å². The molecule has 12 heteroatoms. The quantitative estimate of drug-likeness (QED) is 0.281. The number of nitrogens with one attached hydrogen (secondary N) is 1. The van der Waals surface area contributed by atoms with E-state index in [0.29, 0.717) is 33.8 Å². The van der Waals surface area contributed by atoms with Gasteiger partial charge < -0.3 is 19.5 Å². The van der Waals surface area contributed by atoms with Crippen LogP contribution in [0.1, 0.15) is 6.92 Å². The number of pyridine rings is 1. The van der Waals surface area contributed by atoms with Gasteiger partial charge in [-0.25, -0.2) is 13.6 Å². The first kappa shape index (κ1) is 28.3. The van der Waals surface area contributed by atoms with Crippen molar-refractivity contribution in [1.29, 1.82) is 0 Å². The second-order valence-electron chi connectivity index (χ2n) is 9.27. The van der Waals surface area contributed by atoms with Gasteiger partial charge in [-0.2, -0.15) is 0 Å². The van der Waals surface area contributed by atoms with Crippen molar-refractivity contribution >= 4 is 40.1 Å². The molecule has 4 amide bonds. The van der Waals surface area contributed by atoms with Gasteiger partial charge in [-0.05, 0) is 55.5 Å². The third-order valence-corrected chi connectivity index (χ3v) is 6.79. The van der Waals surface area contributed by atoms with E-state index in [0.717, 1.165) is 11.0 Å². The van der Waals surface area contributed by atoms with Crippen molar-refractivity contribution in [1.82, 2.24) is 9.88 Å². The van der Waals surface area contributed by atoms with Crippen molar-refractivity contribution in [3.8, 4) is 23.0 Å². The Bertz CT molecular complexity index is 1680. The van der Waals surface area contributed by atoms with Gasteiger partial charge >= 0.3 is 6.03 Å². The fourth-order valence-electron chi connectivity index (χ4n) is 4.64. The molecule has 1 saturated heterocycles. The number of aromatic nitrogens is 1. The number of urea groups is 1. The molecule has 0 spiro atoms. The number of amides is 4. The number of nitrogens with zero attached hydrogens (tertiary/aromatic N) is 3. The molecule has 1 atom stereocenters. The number of methoxy groups -OCH3 is 2. The zero-order valence-corrected chi connectivity index (χ0v) is 22.9. The van der Waals surface area contributed by atoms with Crippen LogP contribution >= 0.6 is 0 Å². The van der Waals surface area contributed by atoms with Crippen LogP contribution in [-0.2, 0) is 9.59 Å². The Kier molecular flexibility index (Phi) is 7.87. The van der Waals surface area contributed by atoms with Gasteiger partial charge in [0.1, 0.15) is 17.5 Å². The smallest absolute Gasteiger partial charge is 0.331 e. The number of fused-ring (bicyclic) bond motifs is 1. The number of rotatable bonds is 8. The normalized spacial score (nSPS) is 15.1. The topological polar surface area (TPSA) is 110 Å². The minimum absolute atomic E-state index is 0.0299. The summed E-state index contributed by atoms with van der Waals surface area (Å²) in [7, 11) is 3.00. The molecule has 5 rings (SSSR count). The molecule has 1 unspecified atom stereocenters. The molecule has 216 valence electrons. The molecule has 0 saturated carbocycles. The van der Waals surface area contributed by atoms with E-state index in [1.54, 1.807) is 25.1 Å². The summed E-state index contributed by atoms with van der Waals surface area (Å²) in [5.41, 5.74) is 0.954. The highest BCUT2D eigenvalue weighted by Gasteiger charge is 2.42. The summed E-state index contributed by atoms with van der Waals surface area (Å²) in [4.78, 5) is 45.5. The van der Waals surface area contributed by atoms with Gasteiger partial charge in [0.2, 0.25) is 11.8 Å². The van der Waals surface area contributed by atoms with Crippen LogP contribution in [0.2, 0.25) is 0 Å². The highest BCUT2D eigenvalue weighted by atomic mass is 19.1. The molecule has 1 fully saturated rings. The summed E-state index contributed by atoms with van der Waals surface area (Å²) >= 11 is 0. The average Bonchev–Trinajstić information content (AvgIpc) is 2.98. The number of ether oxygens (including phenoxy) is 3. The van der Waals surface area contributed by atoms with Crippen LogP contribution in [0.3, 0.4) is 0 Å². The molecule has 2 heterocycles. The summed E-state index contributed by atoms with van der Waals surface area (Å²) in [6.45, 7) is 1.37. The largest absolute Gasteiger partial charge is 0.493 e. The number of benzene rings is 3. The van der Waals surface area contributed by atoms with Crippen LogP contribution in [0.25, 0.3) is 10.9 Å². The number of hydrogen-bond donors (Lipinski definition) is 1. The van der Waals surface area contributed by atoms with Crippen LogP contribution in [0.5, 0.6) is 23.0 Å². The third-order valence-electron chi connectivity index (χ3n) is 6.79. The molecule has 0 aliphatic carbocycles. The van der Waals surface area contributed by atoms with Gasteiger partial charge in [-0.15, -0.1) is 0 Å². The maximum Gasteiger partial charge on any atom is 0.331 e. The number of anilines is 2. The van der Waals surface area contributed by atoms with E-state index in [2.05, 4.69) is 10.3 Å². The maximum atomic E-state index is 15.2. The van der Waals surface area contributed by atoms with Gasteiger partial charge in [0.05, 0.1) is 19.7 Å². The lowest BCUT2D eigenvalue weighted by Gasteiger charge is -2.37. The Morgan fingerprint density at radius 3 is 2.33 bits per heavy atom. The van der Waals surface area contributed by atoms with Crippen LogP contribution in [0.4, 0.5) is 25.0 Å². The molecule has 4 aromatic rings. The van der Waals surface area contributed by atoms with E-state index < -0.39 is 35.4 Å². The van der Waals surface area contributed by atoms with Gasteiger partial charge in [0.15, 0.2) is 23.1 Å². The first-order valence-electron chi connectivity index (χ1n) is 12.9. The second-order valence-corrected chi connectivity index (χ2v) is 9.27. The van der Waals surface area contributed by atoms with Crippen molar-refractivity contribution < 1.29 is 37.4 Å². The molecule has 0 bridgehead atoms. The molecule has 1 aromatic heterocycles. The van der Waals surface area contributed by atoms with E-state index in [4.69, 9.17) is 14.2 Å². The zero-order valence-electron chi connectivity index (χ0n) is 22.9. The lowest BCUT2D eigenvalue weighted by molar-refractivity contribution is -0.138. The number of hydrogen-bond acceptors (Lipinski definition) is 7. The number of imide groups is 1. The standard InChI is InChI=1S/C30H26F2N4O6/c1-4-35-29(38)21(16-36(30(35)39)19-8-5-17(31)6-9-19)28(37)34-18-7-10-25(22(32)13-18)42-24-11-12-33-23-15-27(41-3)26(40-2)14-20(23)24/h5-15,21H,4,16H2,1-3H3,(H,34,37). The Morgan fingerprint density at radius 2 is 1.67 bits per heavy atom.